The lowest BCUT2D eigenvalue weighted by Crippen LogP contribution is -2.41. The van der Waals surface area contributed by atoms with E-state index in [1.54, 1.807) is 6.92 Å². The second-order valence-electron chi connectivity index (χ2n) is 6.71. The molecule has 0 saturated carbocycles. The van der Waals surface area contributed by atoms with Crippen molar-refractivity contribution in [3.05, 3.63) is 16.3 Å². The number of nitrogens with zero attached hydrogens (tertiary/aromatic N) is 3. The van der Waals surface area contributed by atoms with Crippen LogP contribution in [0.4, 0.5) is 5.82 Å². The predicted octanol–water partition coefficient (Wildman–Crippen LogP) is 2.84. The minimum Gasteiger partial charge on any atom is -0.462 e. The van der Waals surface area contributed by atoms with Gasteiger partial charge < -0.3 is 15.0 Å². The molecule has 0 unspecified atom stereocenters. The van der Waals surface area contributed by atoms with Gasteiger partial charge in [0.05, 0.1) is 12.0 Å². The highest BCUT2D eigenvalue weighted by Crippen LogP contribution is 2.37. The van der Waals surface area contributed by atoms with Crippen LogP contribution in [0.25, 0.3) is 10.2 Å². The van der Waals surface area contributed by atoms with Gasteiger partial charge in [-0.15, -0.1) is 11.3 Å². The number of amides is 1. The first-order valence-corrected chi connectivity index (χ1v) is 10.2. The number of hydrogen-bond donors (Lipinski definition) is 1. The number of aryl methyl sites for hydroxylation is 2. The fraction of sp³-hybridized carbons (Fsp3) is 0.579. The summed E-state index contributed by atoms with van der Waals surface area (Å²) in [5, 5.41) is 3.83. The van der Waals surface area contributed by atoms with Crippen LogP contribution in [-0.4, -0.2) is 48.1 Å². The summed E-state index contributed by atoms with van der Waals surface area (Å²) in [5.74, 6) is 1.42. The number of esters is 1. The minimum absolute atomic E-state index is 0.0540. The lowest BCUT2D eigenvalue weighted by Gasteiger charge is -2.32. The molecule has 1 saturated heterocycles. The highest BCUT2D eigenvalue weighted by Gasteiger charge is 2.28. The molecular weight excluding hydrogens is 364 g/mol. The second-order valence-corrected chi connectivity index (χ2v) is 7.71. The average molecular weight is 391 g/mol. The summed E-state index contributed by atoms with van der Waals surface area (Å²) in [6, 6.07) is 0. The quantitative estimate of drug-likeness (QED) is 0.791. The zero-order valence-corrected chi connectivity index (χ0v) is 17.1. The van der Waals surface area contributed by atoms with Crippen LogP contribution >= 0.6 is 11.3 Å². The standard InChI is InChI=1S/C19H26N4O3S/c1-5-20-17(24)13-7-9-23(10-8-13)16-14-11(3)15(19(25)26-6-2)27-18(14)22-12(4)21-16/h13H,5-10H2,1-4H3,(H,20,24). The van der Waals surface area contributed by atoms with Crippen molar-refractivity contribution < 1.29 is 14.3 Å². The van der Waals surface area contributed by atoms with Crippen LogP contribution in [0.3, 0.4) is 0 Å². The normalized spacial score (nSPS) is 15.2. The summed E-state index contributed by atoms with van der Waals surface area (Å²) in [5.41, 5.74) is 0.870. The SMILES string of the molecule is CCNC(=O)C1CCN(c2nc(C)nc3sc(C(=O)OCC)c(C)c23)CC1. The first kappa shape index (κ1) is 19.5. The third-order valence-corrected chi connectivity index (χ3v) is 6.03. The van der Waals surface area contributed by atoms with E-state index in [1.807, 2.05) is 20.8 Å². The van der Waals surface area contributed by atoms with Crippen LogP contribution in [0.2, 0.25) is 0 Å². The third kappa shape index (κ3) is 3.90. The lowest BCUT2D eigenvalue weighted by molar-refractivity contribution is -0.125. The molecule has 0 radical (unpaired) electrons. The van der Waals surface area contributed by atoms with Crippen molar-refractivity contribution in [3.63, 3.8) is 0 Å². The topological polar surface area (TPSA) is 84.4 Å². The van der Waals surface area contributed by atoms with Crippen molar-refractivity contribution in [1.82, 2.24) is 15.3 Å². The maximum absolute atomic E-state index is 12.3. The van der Waals surface area contributed by atoms with Crippen LogP contribution in [0.1, 0.15) is 47.7 Å². The zero-order valence-electron chi connectivity index (χ0n) is 16.3. The molecule has 3 rings (SSSR count). The maximum atomic E-state index is 12.3. The Morgan fingerprint density at radius 2 is 1.93 bits per heavy atom. The molecule has 3 heterocycles. The van der Waals surface area contributed by atoms with Crippen LogP contribution in [0.5, 0.6) is 0 Å². The minimum atomic E-state index is -0.309. The number of hydrogen-bond acceptors (Lipinski definition) is 7. The number of anilines is 1. The van der Waals surface area contributed by atoms with Gasteiger partial charge in [0, 0.05) is 25.6 Å². The number of aromatic nitrogens is 2. The summed E-state index contributed by atoms with van der Waals surface area (Å²) in [6.45, 7) is 10.1. The number of carbonyl (C=O) groups is 2. The van der Waals surface area contributed by atoms with Gasteiger partial charge in [-0.3, -0.25) is 4.79 Å². The molecule has 146 valence electrons. The zero-order chi connectivity index (χ0) is 19.6. The molecule has 0 aromatic carbocycles. The molecule has 0 spiro atoms. The Kier molecular flexibility index (Phi) is 5.94. The van der Waals surface area contributed by atoms with E-state index in [2.05, 4.69) is 20.2 Å². The molecule has 1 aliphatic rings. The molecule has 27 heavy (non-hydrogen) atoms. The molecule has 2 aromatic heterocycles. The molecule has 1 fully saturated rings. The molecule has 0 atom stereocenters. The van der Waals surface area contributed by atoms with Crippen molar-refractivity contribution in [3.8, 4) is 0 Å². The van der Waals surface area contributed by atoms with E-state index in [0.717, 1.165) is 47.5 Å². The number of fused-ring (bicyclic) bond motifs is 1. The van der Waals surface area contributed by atoms with E-state index in [1.165, 1.54) is 11.3 Å². The largest absolute Gasteiger partial charge is 0.462 e. The number of thiophene rings is 1. The van der Waals surface area contributed by atoms with Gasteiger partial charge in [-0.2, -0.15) is 0 Å². The molecule has 7 nitrogen and oxygen atoms in total. The number of rotatable bonds is 5. The molecule has 1 amide bonds. The van der Waals surface area contributed by atoms with Crippen molar-refractivity contribution in [2.24, 2.45) is 5.92 Å². The van der Waals surface area contributed by atoms with Crippen LogP contribution < -0.4 is 10.2 Å². The van der Waals surface area contributed by atoms with Crippen LogP contribution in [0, 0.1) is 19.8 Å². The van der Waals surface area contributed by atoms with Crippen molar-refractivity contribution >= 4 is 39.2 Å². The first-order valence-electron chi connectivity index (χ1n) is 9.43. The van der Waals surface area contributed by atoms with Crippen molar-refractivity contribution in [2.75, 3.05) is 31.1 Å². The van der Waals surface area contributed by atoms with E-state index in [4.69, 9.17) is 4.74 Å². The van der Waals surface area contributed by atoms with Crippen LogP contribution in [-0.2, 0) is 9.53 Å². The summed E-state index contributed by atoms with van der Waals surface area (Å²) >= 11 is 1.36. The number of ether oxygens (including phenoxy) is 1. The average Bonchev–Trinajstić information content (AvgIpc) is 2.98. The molecule has 1 N–H and O–H groups in total. The Morgan fingerprint density at radius 1 is 1.22 bits per heavy atom. The van der Waals surface area contributed by atoms with E-state index in [9.17, 15) is 9.59 Å². The highest BCUT2D eigenvalue weighted by atomic mass is 32.1. The van der Waals surface area contributed by atoms with E-state index >= 15 is 0 Å². The Labute approximate surface area is 163 Å². The lowest BCUT2D eigenvalue weighted by atomic mass is 9.95. The van der Waals surface area contributed by atoms with Gasteiger partial charge in [0.1, 0.15) is 21.3 Å². The van der Waals surface area contributed by atoms with Gasteiger partial charge in [-0.1, -0.05) is 0 Å². The Balaban J connectivity index is 1.91. The van der Waals surface area contributed by atoms with Gasteiger partial charge in [-0.25, -0.2) is 14.8 Å². The van der Waals surface area contributed by atoms with Crippen molar-refractivity contribution in [2.45, 2.75) is 40.5 Å². The molecule has 1 aliphatic heterocycles. The number of carbonyl (C=O) groups excluding carboxylic acids is 2. The Bertz CT molecular complexity index is 856. The van der Waals surface area contributed by atoms with Crippen LogP contribution in [0.15, 0.2) is 0 Å². The number of nitrogens with one attached hydrogen (secondary N) is 1. The fourth-order valence-electron chi connectivity index (χ4n) is 3.51. The van der Waals surface area contributed by atoms with E-state index in [-0.39, 0.29) is 17.8 Å². The Hall–Kier alpha value is -2.22. The van der Waals surface area contributed by atoms with Gasteiger partial charge in [-0.05, 0) is 46.1 Å². The fourth-order valence-corrected chi connectivity index (χ4v) is 4.63. The molecule has 0 aliphatic carbocycles. The summed E-state index contributed by atoms with van der Waals surface area (Å²) in [4.78, 5) is 37.2. The monoisotopic (exact) mass is 390 g/mol. The summed E-state index contributed by atoms with van der Waals surface area (Å²) < 4.78 is 5.18. The summed E-state index contributed by atoms with van der Waals surface area (Å²) in [6.07, 6.45) is 1.59. The maximum Gasteiger partial charge on any atom is 0.348 e. The van der Waals surface area contributed by atoms with Crippen molar-refractivity contribution in [1.29, 1.82) is 0 Å². The summed E-state index contributed by atoms with van der Waals surface area (Å²) in [7, 11) is 0. The smallest absolute Gasteiger partial charge is 0.348 e. The van der Waals surface area contributed by atoms with Gasteiger partial charge in [0.15, 0.2) is 0 Å². The first-order chi connectivity index (χ1) is 13.0. The predicted molar refractivity (Wildman–Crippen MR) is 106 cm³/mol. The van der Waals surface area contributed by atoms with Gasteiger partial charge in [0.25, 0.3) is 0 Å². The molecule has 8 heteroatoms. The molecule has 2 aromatic rings. The van der Waals surface area contributed by atoms with Gasteiger partial charge >= 0.3 is 5.97 Å². The second kappa shape index (κ2) is 8.21. The Morgan fingerprint density at radius 3 is 2.56 bits per heavy atom. The van der Waals surface area contributed by atoms with E-state index < -0.39 is 0 Å². The molecule has 0 bridgehead atoms. The molecular formula is C19H26N4O3S. The van der Waals surface area contributed by atoms with E-state index in [0.29, 0.717) is 23.9 Å². The highest BCUT2D eigenvalue weighted by molar-refractivity contribution is 7.20. The number of piperidine rings is 1. The van der Waals surface area contributed by atoms with Gasteiger partial charge in [0.2, 0.25) is 5.91 Å². The third-order valence-electron chi connectivity index (χ3n) is 4.86.